The summed E-state index contributed by atoms with van der Waals surface area (Å²) in [6.07, 6.45) is 0.502. The minimum Gasteiger partial charge on any atom is -0.493 e. The number of rotatable bonds is 4. The van der Waals surface area contributed by atoms with E-state index < -0.39 is 0 Å². The smallest absolute Gasteiger partial charge is 0.232 e. The van der Waals surface area contributed by atoms with E-state index in [0.717, 1.165) is 22.4 Å². The van der Waals surface area contributed by atoms with Crippen LogP contribution in [-0.4, -0.2) is 20.1 Å². The highest BCUT2D eigenvalue weighted by atomic mass is 35.5. The fourth-order valence-corrected chi connectivity index (χ4v) is 3.31. The average Bonchev–Trinajstić information content (AvgIpc) is 2.84. The van der Waals surface area contributed by atoms with E-state index in [-0.39, 0.29) is 11.8 Å². The number of carbonyl (C=O) groups is 1. The van der Waals surface area contributed by atoms with Gasteiger partial charge in [0, 0.05) is 22.3 Å². The lowest BCUT2D eigenvalue weighted by molar-refractivity contribution is -0.117. The molecule has 2 aromatic rings. The number of carbonyl (C=O) groups excluding carboxylic acids is 1. The standard InChI is InChI=1S/C18H18ClNO3/c1-10-5-4-6-13-14(18(21)20-16(10)13)8-11-7-12(19)9-15(22-2)17(11)23-3/h4-7,9,14H,8H2,1-3H3,(H,20,21)/t14-/m1/s1. The van der Waals surface area contributed by atoms with Crippen molar-refractivity contribution in [2.75, 3.05) is 19.5 Å². The summed E-state index contributed by atoms with van der Waals surface area (Å²) < 4.78 is 10.8. The van der Waals surface area contributed by atoms with Crippen molar-refractivity contribution in [3.05, 3.63) is 52.0 Å². The fourth-order valence-electron chi connectivity index (χ4n) is 3.08. The van der Waals surface area contributed by atoms with Crippen LogP contribution in [0.15, 0.2) is 30.3 Å². The molecule has 0 aromatic heterocycles. The lowest BCUT2D eigenvalue weighted by Gasteiger charge is -2.16. The summed E-state index contributed by atoms with van der Waals surface area (Å²) in [5.41, 5.74) is 3.84. The number of nitrogens with one attached hydrogen (secondary N) is 1. The van der Waals surface area contributed by atoms with Crippen LogP contribution in [0, 0.1) is 6.92 Å². The molecule has 0 spiro atoms. The van der Waals surface area contributed by atoms with Crippen LogP contribution in [0.3, 0.4) is 0 Å². The highest BCUT2D eigenvalue weighted by Gasteiger charge is 2.32. The van der Waals surface area contributed by atoms with Gasteiger partial charge in [-0.2, -0.15) is 0 Å². The number of hydrogen-bond acceptors (Lipinski definition) is 3. The van der Waals surface area contributed by atoms with Gasteiger partial charge in [-0.05, 0) is 30.5 Å². The first kappa shape index (κ1) is 15.7. The molecule has 1 heterocycles. The molecule has 1 aliphatic rings. The summed E-state index contributed by atoms with van der Waals surface area (Å²) in [5, 5.41) is 3.53. The molecular weight excluding hydrogens is 314 g/mol. The summed E-state index contributed by atoms with van der Waals surface area (Å²) in [6.45, 7) is 1.99. The van der Waals surface area contributed by atoms with E-state index in [0.29, 0.717) is 22.9 Å². The number of anilines is 1. The summed E-state index contributed by atoms with van der Waals surface area (Å²) in [4.78, 5) is 12.4. The highest BCUT2D eigenvalue weighted by molar-refractivity contribution is 6.30. The average molecular weight is 332 g/mol. The summed E-state index contributed by atoms with van der Waals surface area (Å²) in [6, 6.07) is 9.47. The van der Waals surface area contributed by atoms with Gasteiger partial charge in [-0.1, -0.05) is 29.8 Å². The molecule has 0 fully saturated rings. The maximum absolute atomic E-state index is 12.4. The largest absolute Gasteiger partial charge is 0.493 e. The van der Waals surface area contributed by atoms with Gasteiger partial charge in [0.05, 0.1) is 20.1 Å². The van der Waals surface area contributed by atoms with E-state index in [2.05, 4.69) is 5.32 Å². The predicted octanol–water partition coefficient (Wildman–Crippen LogP) is 3.94. The topological polar surface area (TPSA) is 47.6 Å². The molecule has 0 radical (unpaired) electrons. The van der Waals surface area contributed by atoms with Gasteiger partial charge in [-0.25, -0.2) is 0 Å². The SMILES string of the molecule is COc1cc(Cl)cc(C[C@H]2C(=O)Nc3c(C)cccc32)c1OC. The van der Waals surface area contributed by atoms with Gasteiger partial charge in [0.15, 0.2) is 11.5 Å². The predicted molar refractivity (Wildman–Crippen MR) is 90.8 cm³/mol. The monoisotopic (exact) mass is 331 g/mol. The first-order chi connectivity index (χ1) is 11.0. The second-order valence-corrected chi connectivity index (χ2v) is 6.02. The van der Waals surface area contributed by atoms with Crippen molar-refractivity contribution in [3.8, 4) is 11.5 Å². The van der Waals surface area contributed by atoms with Gasteiger partial charge in [0.25, 0.3) is 0 Å². The van der Waals surface area contributed by atoms with Gasteiger partial charge < -0.3 is 14.8 Å². The maximum Gasteiger partial charge on any atom is 0.232 e. The molecule has 2 aromatic carbocycles. The lowest BCUT2D eigenvalue weighted by Crippen LogP contribution is -2.15. The normalized spacial score (nSPS) is 16.0. The van der Waals surface area contributed by atoms with Gasteiger partial charge in [0.1, 0.15) is 0 Å². The van der Waals surface area contributed by atoms with Crippen molar-refractivity contribution in [2.45, 2.75) is 19.3 Å². The molecule has 1 amide bonds. The van der Waals surface area contributed by atoms with Crippen molar-refractivity contribution in [2.24, 2.45) is 0 Å². The summed E-state index contributed by atoms with van der Waals surface area (Å²) >= 11 is 6.17. The molecule has 1 aliphatic heterocycles. The summed E-state index contributed by atoms with van der Waals surface area (Å²) in [7, 11) is 3.15. The Balaban J connectivity index is 2.02. The number of aryl methyl sites for hydroxylation is 1. The van der Waals surface area contributed by atoms with Crippen LogP contribution in [-0.2, 0) is 11.2 Å². The molecule has 0 bridgehead atoms. The van der Waals surface area contributed by atoms with E-state index in [9.17, 15) is 4.79 Å². The van der Waals surface area contributed by atoms with Crippen LogP contribution >= 0.6 is 11.6 Å². The third-order valence-electron chi connectivity index (χ3n) is 4.19. The van der Waals surface area contributed by atoms with E-state index in [1.54, 1.807) is 20.3 Å². The van der Waals surface area contributed by atoms with Crippen molar-refractivity contribution >= 4 is 23.2 Å². The molecule has 5 heteroatoms. The third kappa shape index (κ3) is 2.75. The Labute approximate surface area is 140 Å². The van der Waals surface area contributed by atoms with Crippen LogP contribution < -0.4 is 14.8 Å². The number of ether oxygens (including phenoxy) is 2. The van der Waals surface area contributed by atoms with E-state index in [1.807, 2.05) is 31.2 Å². The van der Waals surface area contributed by atoms with Gasteiger partial charge in [-0.15, -0.1) is 0 Å². The third-order valence-corrected chi connectivity index (χ3v) is 4.41. The molecule has 23 heavy (non-hydrogen) atoms. The van der Waals surface area contributed by atoms with Crippen molar-refractivity contribution in [3.63, 3.8) is 0 Å². The number of halogens is 1. The second-order valence-electron chi connectivity index (χ2n) is 5.59. The number of hydrogen-bond donors (Lipinski definition) is 1. The Hall–Kier alpha value is -2.20. The van der Waals surface area contributed by atoms with Crippen LogP contribution in [0.4, 0.5) is 5.69 Å². The molecule has 0 saturated heterocycles. The molecule has 3 rings (SSSR count). The molecule has 0 aliphatic carbocycles. The molecule has 1 N–H and O–H groups in total. The zero-order chi connectivity index (χ0) is 16.6. The number of fused-ring (bicyclic) bond motifs is 1. The Morgan fingerprint density at radius 1 is 1.22 bits per heavy atom. The number of benzene rings is 2. The molecule has 0 unspecified atom stereocenters. The van der Waals surface area contributed by atoms with Gasteiger partial charge in [0.2, 0.25) is 5.91 Å². The Kier molecular flexibility index (Phi) is 4.18. The van der Waals surface area contributed by atoms with Crippen LogP contribution in [0.25, 0.3) is 0 Å². The second kappa shape index (κ2) is 6.13. The van der Waals surface area contributed by atoms with Gasteiger partial charge >= 0.3 is 0 Å². The molecule has 4 nitrogen and oxygen atoms in total. The van der Waals surface area contributed by atoms with Crippen molar-refractivity contribution in [1.82, 2.24) is 0 Å². The molecule has 1 atom stereocenters. The minimum atomic E-state index is -0.262. The van der Waals surface area contributed by atoms with Crippen LogP contribution in [0.2, 0.25) is 5.02 Å². The number of para-hydroxylation sites is 1. The van der Waals surface area contributed by atoms with Crippen LogP contribution in [0.1, 0.15) is 22.6 Å². The first-order valence-electron chi connectivity index (χ1n) is 7.36. The Bertz CT molecular complexity index is 773. The minimum absolute atomic E-state index is 0.00436. The fraction of sp³-hybridized carbons (Fsp3) is 0.278. The number of methoxy groups -OCH3 is 2. The van der Waals surface area contributed by atoms with Gasteiger partial charge in [-0.3, -0.25) is 4.79 Å². The Morgan fingerprint density at radius 3 is 2.70 bits per heavy atom. The molecule has 120 valence electrons. The van der Waals surface area contributed by atoms with E-state index in [4.69, 9.17) is 21.1 Å². The quantitative estimate of drug-likeness (QED) is 0.923. The first-order valence-corrected chi connectivity index (χ1v) is 7.73. The lowest BCUT2D eigenvalue weighted by atomic mass is 9.92. The maximum atomic E-state index is 12.4. The zero-order valence-electron chi connectivity index (χ0n) is 13.3. The van der Waals surface area contributed by atoms with Crippen molar-refractivity contribution in [1.29, 1.82) is 0 Å². The molecular formula is C18H18ClNO3. The highest BCUT2D eigenvalue weighted by Crippen LogP contribution is 2.41. The zero-order valence-corrected chi connectivity index (χ0v) is 14.0. The Morgan fingerprint density at radius 2 is 2.00 bits per heavy atom. The molecule has 0 saturated carbocycles. The summed E-state index contributed by atoms with van der Waals surface area (Å²) in [5.74, 6) is 0.918. The van der Waals surface area contributed by atoms with Crippen molar-refractivity contribution < 1.29 is 14.3 Å². The number of amides is 1. The van der Waals surface area contributed by atoms with E-state index in [1.165, 1.54) is 0 Å². The van der Waals surface area contributed by atoms with E-state index >= 15 is 0 Å². The van der Waals surface area contributed by atoms with Crippen LogP contribution in [0.5, 0.6) is 11.5 Å².